The summed E-state index contributed by atoms with van der Waals surface area (Å²) in [5.74, 6) is 2.17. The van der Waals surface area contributed by atoms with Crippen LogP contribution < -0.4 is 0 Å². The molecule has 3 N–H and O–H groups in total. The Hall–Kier alpha value is -7.26. The molecular formula is C42H27N9. The molecule has 9 heteroatoms. The van der Waals surface area contributed by atoms with Gasteiger partial charge >= 0.3 is 0 Å². The maximum absolute atomic E-state index is 5.07. The second kappa shape index (κ2) is 11.7. The van der Waals surface area contributed by atoms with Gasteiger partial charge in [0.25, 0.3) is 0 Å². The second-order valence-electron chi connectivity index (χ2n) is 12.3. The fourth-order valence-electron chi connectivity index (χ4n) is 6.76. The van der Waals surface area contributed by atoms with E-state index in [1.807, 2.05) is 54.6 Å². The van der Waals surface area contributed by atoms with Crippen LogP contribution >= 0.6 is 0 Å². The van der Waals surface area contributed by atoms with Crippen LogP contribution in [0.3, 0.4) is 0 Å². The van der Waals surface area contributed by atoms with E-state index in [1.54, 1.807) is 18.6 Å². The maximum atomic E-state index is 5.07. The Morgan fingerprint density at radius 3 is 0.961 bits per heavy atom. The van der Waals surface area contributed by atoms with Gasteiger partial charge in [0, 0.05) is 35.3 Å². The fraction of sp³-hybridized carbons (Fsp3) is 0. The molecule has 0 atom stereocenters. The van der Waals surface area contributed by atoms with Gasteiger partial charge < -0.3 is 15.0 Å². The molecule has 0 aliphatic rings. The van der Waals surface area contributed by atoms with Crippen molar-refractivity contribution in [1.82, 2.24) is 44.9 Å². The molecule has 0 radical (unpaired) electrons. The highest BCUT2D eigenvalue weighted by Crippen LogP contribution is 2.39. The molecule has 6 aromatic heterocycles. The molecule has 0 aliphatic heterocycles. The minimum absolute atomic E-state index is 0.723. The largest absolute Gasteiger partial charge is 0.337 e. The van der Waals surface area contributed by atoms with E-state index in [0.717, 1.165) is 101 Å². The van der Waals surface area contributed by atoms with Gasteiger partial charge in [0.15, 0.2) is 17.5 Å². The molecule has 0 spiro atoms. The van der Waals surface area contributed by atoms with Crippen LogP contribution in [-0.4, -0.2) is 44.9 Å². The van der Waals surface area contributed by atoms with E-state index in [4.69, 9.17) is 15.0 Å². The lowest BCUT2D eigenvalue weighted by molar-refractivity contribution is 1.24. The molecule has 4 aromatic carbocycles. The van der Waals surface area contributed by atoms with Crippen molar-refractivity contribution in [3.05, 3.63) is 146 Å². The number of hydrogen-bond donors (Lipinski definition) is 3. The van der Waals surface area contributed by atoms with Crippen molar-refractivity contribution in [2.75, 3.05) is 0 Å². The van der Waals surface area contributed by atoms with Crippen LogP contribution in [-0.2, 0) is 0 Å². The molecule has 6 heterocycles. The molecule has 0 saturated heterocycles. The summed E-state index contributed by atoms with van der Waals surface area (Å²) in [6, 6.07) is 42.9. The molecular weight excluding hydrogens is 631 g/mol. The third-order valence-electron chi connectivity index (χ3n) is 9.13. The van der Waals surface area contributed by atoms with Crippen molar-refractivity contribution in [1.29, 1.82) is 0 Å². The highest BCUT2D eigenvalue weighted by atomic mass is 15.0. The second-order valence-corrected chi connectivity index (χ2v) is 12.3. The quantitative estimate of drug-likeness (QED) is 0.164. The summed E-state index contributed by atoms with van der Waals surface area (Å²) in [5.41, 5.74) is 13.8. The first kappa shape index (κ1) is 28.7. The Labute approximate surface area is 291 Å². The molecule has 51 heavy (non-hydrogen) atoms. The first-order chi connectivity index (χ1) is 25.2. The summed E-state index contributed by atoms with van der Waals surface area (Å²) in [6.45, 7) is 0. The molecule has 0 amide bonds. The number of rotatable bonds is 6. The Balaban J connectivity index is 1.20. The molecule has 0 bridgehead atoms. The summed E-state index contributed by atoms with van der Waals surface area (Å²) in [7, 11) is 0. The first-order valence-electron chi connectivity index (χ1n) is 16.6. The summed E-state index contributed by atoms with van der Waals surface area (Å²) in [6.07, 6.45) is 5.34. The van der Waals surface area contributed by atoms with Crippen molar-refractivity contribution >= 4 is 33.1 Å². The average Bonchev–Trinajstić information content (AvgIpc) is 3.96. The number of imidazole rings is 3. The van der Waals surface area contributed by atoms with Gasteiger partial charge in [0.2, 0.25) is 0 Å². The number of pyridine rings is 3. The van der Waals surface area contributed by atoms with Gasteiger partial charge in [-0.25, -0.2) is 15.0 Å². The van der Waals surface area contributed by atoms with E-state index in [9.17, 15) is 0 Å². The van der Waals surface area contributed by atoms with E-state index in [1.165, 1.54) is 0 Å². The third kappa shape index (κ3) is 5.03. The van der Waals surface area contributed by atoms with Crippen molar-refractivity contribution in [3.63, 3.8) is 0 Å². The van der Waals surface area contributed by atoms with Gasteiger partial charge in [-0.15, -0.1) is 0 Å². The Morgan fingerprint density at radius 1 is 0.333 bits per heavy atom. The molecule has 0 saturated carbocycles. The van der Waals surface area contributed by atoms with Crippen LogP contribution in [0.2, 0.25) is 0 Å². The minimum Gasteiger partial charge on any atom is -0.337 e. The number of nitrogens with zero attached hydrogens (tertiary/aromatic N) is 6. The van der Waals surface area contributed by atoms with Gasteiger partial charge in [-0.05, 0) is 89.5 Å². The number of fused-ring (bicyclic) bond motifs is 3. The van der Waals surface area contributed by atoms with E-state index in [-0.39, 0.29) is 0 Å². The van der Waals surface area contributed by atoms with Crippen LogP contribution in [0.1, 0.15) is 0 Å². The predicted molar refractivity (Wildman–Crippen MR) is 201 cm³/mol. The average molecular weight is 658 g/mol. The Bertz CT molecular complexity index is 2530. The molecule has 10 aromatic rings. The van der Waals surface area contributed by atoms with Crippen LogP contribution in [0, 0.1) is 0 Å². The highest BCUT2D eigenvalue weighted by Gasteiger charge is 2.18. The molecule has 0 unspecified atom stereocenters. The van der Waals surface area contributed by atoms with Gasteiger partial charge in [0.05, 0.1) is 33.1 Å². The summed E-state index contributed by atoms with van der Waals surface area (Å²) in [5, 5.41) is 0. The normalized spacial score (nSPS) is 11.5. The Morgan fingerprint density at radius 2 is 0.667 bits per heavy atom. The highest BCUT2D eigenvalue weighted by molar-refractivity contribution is 6.01. The summed E-state index contributed by atoms with van der Waals surface area (Å²) in [4.78, 5) is 39.3. The molecule has 9 nitrogen and oxygen atoms in total. The number of aromatic nitrogens is 9. The monoisotopic (exact) mass is 657 g/mol. The summed E-state index contributed by atoms with van der Waals surface area (Å²) < 4.78 is 0. The molecule has 10 rings (SSSR count). The van der Waals surface area contributed by atoms with Gasteiger partial charge in [0.1, 0.15) is 17.1 Å². The number of aromatic amines is 3. The third-order valence-corrected chi connectivity index (χ3v) is 9.13. The Kier molecular flexibility index (Phi) is 6.60. The topological polar surface area (TPSA) is 125 Å². The standard InChI is InChI=1S/C42H27N9/c1-4-19-43-34(13-1)40-46-31-16-7-10-28(37(31)49-40)25-22-26(29-11-8-17-32-38(29)50-41(47-32)35-14-2-5-20-44-35)24-27(23-25)30-12-9-18-33-39(30)51-42(48-33)36-15-3-6-21-45-36/h1-24H,(H,46,49)(H,47,50)(H,48,51). The van der Waals surface area contributed by atoms with Crippen LogP contribution in [0.25, 0.3) is 101 Å². The van der Waals surface area contributed by atoms with Crippen molar-refractivity contribution in [2.24, 2.45) is 0 Å². The van der Waals surface area contributed by atoms with Crippen molar-refractivity contribution < 1.29 is 0 Å². The zero-order chi connectivity index (χ0) is 33.7. The zero-order valence-electron chi connectivity index (χ0n) is 27.0. The number of benzene rings is 4. The van der Waals surface area contributed by atoms with E-state index < -0.39 is 0 Å². The van der Waals surface area contributed by atoms with Crippen molar-refractivity contribution in [3.8, 4) is 67.9 Å². The van der Waals surface area contributed by atoms with Gasteiger partial charge in [-0.1, -0.05) is 54.6 Å². The van der Waals surface area contributed by atoms with Crippen LogP contribution in [0.4, 0.5) is 0 Å². The van der Waals surface area contributed by atoms with E-state index in [2.05, 4.69) is 103 Å². The molecule has 0 fully saturated rings. The molecule has 240 valence electrons. The number of H-pyrrole nitrogens is 3. The van der Waals surface area contributed by atoms with Crippen LogP contribution in [0.15, 0.2) is 146 Å². The number of hydrogen-bond acceptors (Lipinski definition) is 6. The van der Waals surface area contributed by atoms with E-state index >= 15 is 0 Å². The number of para-hydroxylation sites is 3. The smallest absolute Gasteiger partial charge is 0.157 e. The fourth-order valence-corrected chi connectivity index (χ4v) is 6.76. The lowest BCUT2D eigenvalue weighted by atomic mass is 9.92. The number of nitrogens with one attached hydrogen (secondary N) is 3. The lowest BCUT2D eigenvalue weighted by Crippen LogP contribution is -1.89. The zero-order valence-corrected chi connectivity index (χ0v) is 27.0. The maximum Gasteiger partial charge on any atom is 0.157 e. The van der Waals surface area contributed by atoms with Crippen LogP contribution in [0.5, 0.6) is 0 Å². The van der Waals surface area contributed by atoms with Gasteiger partial charge in [-0.2, -0.15) is 0 Å². The SMILES string of the molecule is c1ccc(-c2nc3c(-c4cc(-c5cccc6[nH]c(-c7ccccn7)nc56)cc(-c5cccc6[nH]c(-c7ccccn7)nc56)c4)cccc3[nH]2)nc1. The predicted octanol–water partition coefficient (Wildman–Crippen LogP) is 9.50. The van der Waals surface area contributed by atoms with Crippen molar-refractivity contribution in [2.45, 2.75) is 0 Å². The first-order valence-corrected chi connectivity index (χ1v) is 16.6. The summed E-state index contributed by atoms with van der Waals surface area (Å²) >= 11 is 0. The van der Waals surface area contributed by atoms with Gasteiger partial charge in [-0.3, -0.25) is 15.0 Å². The minimum atomic E-state index is 0.723. The lowest BCUT2D eigenvalue weighted by Gasteiger charge is -2.12. The molecule has 0 aliphatic carbocycles. The van der Waals surface area contributed by atoms with E-state index in [0.29, 0.717) is 0 Å².